The van der Waals surface area contributed by atoms with Gasteiger partial charge in [-0.1, -0.05) is 48.5 Å². The van der Waals surface area contributed by atoms with Crippen LogP contribution in [0.15, 0.2) is 48.5 Å². The van der Waals surface area contributed by atoms with Crippen molar-refractivity contribution in [2.75, 3.05) is 19.3 Å². The van der Waals surface area contributed by atoms with Crippen molar-refractivity contribution in [3.8, 4) is 11.1 Å². The van der Waals surface area contributed by atoms with Gasteiger partial charge in [0.15, 0.2) is 0 Å². The Labute approximate surface area is 179 Å². The van der Waals surface area contributed by atoms with Crippen molar-refractivity contribution in [3.63, 3.8) is 0 Å². The van der Waals surface area contributed by atoms with Gasteiger partial charge in [0.2, 0.25) is 20.0 Å². The normalized spacial score (nSPS) is 14.6. The first-order valence-corrected chi connectivity index (χ1v) is 13.1. The third-order valence-corrected chi connectivity index (χ3v) is 7.29. The Morgan fingerprint density at radius 1 is 0.900 bits per heavy atom. The molecule has 0 saturated carbocycles. The average molecular weight is 457 g/mol. The van der Waals surface area contributed by atoms with Gasteiger partial charge in [0.1, 0.15) is 5.67 Å². The van der Waals surface area contributed by atoms with E-state index in [2.05, 4.69) is 9.44 Å². The molecule has 0 amide bonds. The molecule has 0 bridgehead atoms. The standard InChI is InChI=1S/C21H29FN2O4S2/c1-16(2)30(27,28)24-15-21(3,22)20-11-9-19(10-12-20)18-7-5-17(6-8-18)13-14-23-29(4,25)26/h5-12,16,23-24H,13-15H2,1-4H3. The molecule has 166 valence electrons. The highest BCUT2D eigenvalue weighted by molar-refractivity contribution is 7.90. The molecule has 0 aliphatic heterocycles. The van der Waals surface area contributed by atoms with Crippen molar-refractivity contribution in [2.45, 2.75) is 38.1 Å². The van der Waals surface area contributed by atoms with Gasteiger partial charge >= 0.3 is 0 Å². The number of halogens is 1. The van der Waals surface area contributed by atoms with E-state index in [0.717, 1.165) is 22.9 Å². The number of hydrogen-bond acceptors (Lipinski definition) is 4. The smallest absolute Gasteiger partial charge is 0.214 e. The van der Waals surface area contributed by atoms with Crippen LogP contribution >= 0.6 is 0 Å². The van der Waals surface area contributed by atoms with Crippen molar-refractivity contribution >= 4 is 20.0 Å². The van der Waals surface area contributed by atoms with Crippen LogP contribution in [0.2, 0.25) is 0 Å². The van der Waals surface area contributed by atoms with Gasteiger partial charge < -0.3 is 0 Å². The van der Waals surface area contributed by atoms with Crippen LogP contribution in [0.25, 0.3) is 11.1 Å². The summed E-state index contributed by atoms with van der Waals surface area (Å²) < 4.78 is 65.8. The first-order valence-electron chi connectivity index (χ1n) is 9.62. The predicted molar refractivity (Wildman–Crippen MR) is 119 cm³/mol. The van der Waals surface area contributed by atoms with E-state index in [1.165, 1.54) is 6.92 Å². The molecule has 30 heavy (non-hydrogen) atoms. The topological polar surface area (TPSA) is 92.3 Å². The summed E-state index contributed by atoms with van der Waals surface area (Å²) in [6, 6.07) is 14.6. The molecule has 0 aliphatic rings. The maximum atomic E-state index is 15.0. The number of alkyl halides is 1. The molecule has 0 saturated heterocycles. The van der Waals surface area contributed by atoms with Gasteiger partial charge in [-0.15, -0.1) is 0 Å². The molecular weight excluding hydrogens is 427 g/mol. The van der Waals surface area contributed by atoms with Crippen LogP contribution in [0.4, 0.5) is 4.39 Å². The largest absolute Gasteiger partial charge is 0.238 e. The van der Waals surface area contributed by atoms with E-state index in [1.807, 2.05) is 24.3 Å². The summed E-state index contributed by atoms with van der Waals surface area (Å²) in [5.41, 5.74) is 1.40. The van der Waals surface area contributed by atoms with E-state index in [4.69, 9.17) is 0 Å². The molecule has 0 fully saturated rings. The molecule has 6 nitrogen and oxygen atoms in total. The van der Waals surface area contributed by atoms with Gasteiger partial charge in [-0.3, -0.25) is 0 Å². The van der Waals surface area contributed by atoms with E-state index in [0.29, 0.717) is 18.5 Å². The number of rotatable bonds is 10. The maximum absolute atomic E-state index is 15.0. The Bertz CT molecular complexity index is 1050. The van der Waals surface area contributed by atoms with Crippen LogP contribution < -0.4 is 9.44 Å². The van der Waals surface area contributed by atoms with E-state index in [-0.39, 0.29) is 6.54 Å². The van der Waals surface area contributed by atoms with Gasteiger partial charge in [0.25, 0.3) is 0 Å². The van der Waals surface area contributed by atoms with Crippen LogP contribution in [0, 0.1) is 0 Å². The van der Waals surface area contributed by atoms with Gasteiger partial charge in [0.05, 0.1) is 11.5 Å². The van der Waals surface area contributed by atoms with Crippen LogP contribution in [-0.2, 0) is 32.1 Å². The summed E-state index contributed by atoms with van der Waals surface area (Å²) in [6.07, 6.45) is 1.71. The lowest BCUT2D eigenvalue weighted by atomic mass is 9.95. The Hall–Kier alpha value is -1.81. The van der Waals surface area contributed by atoms with E-state index in [9.17, 15) is 16.8 Å². The fourth-order valence-electron chi connectivity index (χ4n) is 2.76. The molecule has 2 N–H and O–H groups in total. The number of nitrogens with one attached hydrogen (secondary N) is 2. The van der Waals surface area contributed by atoms with Gasteiger partial charge in [-0.25, -0.2) is 30.7 Å². The molecule has 0 aliphatic carbocycles. The third-order valence-electron chi connectivity index (χ3n) is 4.78. The summed E-state index contributed by atoms with van der Waals surface area (Å²) in [7, 11) is -6.73. The fourth-order valence-corrected chi connectivity index (χ4v) is 4.04. The van der Waals surface area contributed by atoms with Gasteiger partial charge in [-0.05, 0) is 49.4 Å². The molecule has 2 aromatic rings. The summed E-state index contributed by atoms with van der Waals surface area (Å²) in [5.74, 6) is 0. The van der Waals surface area contributed by atoms with Crippen LogP contribution in [0.1, 0.15) is 31.9 Å². The predicted octanol–water partition coefficient (Wildman–Crippen LogP) is 2.96. The lowest BCUT2D eigenvalue weighted by molar-refractivity contribution is 0.196. The summed E-state index contributed by atoms with van der Waals surface area (Å²) in [4.78, 5) is 0. The Morgan fingerprint density at radius 3 is 1.87 bits per heavy atom. The number of hydrogen-bond donors (Lipinski definition) is 2. The van der Waals surface area contributed by atoms with Gasteiger partial charge in [-0.2, -0.15) is 0 Å². The Morgan fingerprint density at radius 2 is 1.40 bits per heavy atom. The van der Waals surface area contributed by atoms with Crippen molar-refractivity contribution in [3.05, 3.63) is 59.7 Å². The average Bonchev–Trinajstić information content (AvgIpc) is 2.66. The second kappa shape index (κ2) is 9.55. The minimum Gasteiger partial charge on any atom is -0.238 e. The molecule has 0 heterocycles. The van der Waals surface area contributed by atoms with Crippen LogP contribution in [0.3, 0.4) is 0 Å². The zero-order valence-electron chi connectivity index (χ0n) is 17.6. The van der Waals surface area contributed by atoms with Crippen molar-refractivity contribution < 1.29 is 21.2 Å². The summed E-state index contributed by atoms with van der Waals surface area (Å²) in [5, 5.41) is -0.624. The first-order chi connectivity index (χ1) is 13.8. The second-order valence-corrected chi connectivity index (χ2v) is 12.0. The SMILES string of the molecule is CC(C)S(=O)(=O)NCC(C)(F)c1ccc(-c2ccc(CCNS(C)(=O)=O)cc2)cc1. The zero-order chi connectivity index (χ0) is 22.6. The molecule has 9 heteroatoms. The maximum Gasteiger partial charge on any atom is 0.214 e. The first kappa shape index (κ1) is 24.5. The van der Waals surface area contributed by atoms with E-state index < -0.39 is 31.0 Å². The van der Waals surface area contributed by atoms with Crippen LogP contribution in [-0.4, -0.2) is 41.4 Å². The molecule has 1 unspecified atom stereocenters. The van der Waals surface area contributed by atoms with Crippen LogP contribution in [0.5, 0.6) is 0 Å². The highest BCUT2D eigenvalue weighted by Gasteiger charge is 2.28. The second-order valence-electron chi connectivity index (χ2n) is 7.80. The molecule has 2 rings (SSSR count). The highest BCUT2D eigenvalue weighted by Crippen LogP contribution is 2.28. The Kier molecular flexibility index (Phi) is 7.79. The van der Waals surface area contributed by atoms with Crippen molar-refractivity contribution in [1.29, 1.82) is 0 Å². The van der Waals surface area contributed by atoms with Crippen molar-refractivity contribution in [1.82, 2.24) is 9.44 Å². The lowest BCUT2D eigenvalue weighted by Crippen LogP contribution is -2.39. The molecule has 2 aromatic carbocycles. The zero-order valence-corrected chi connectivity index (χ0v) is 19.3. The molecule has 0 spiro atoms. The third kappa shape index (κ3) is 7.16. The molecular formula is C21H29FN2O4S2. The van der Waals surface area contributed by atoms with Gasteiger partial charge in [0, 0.05) is 13.1 Å². The monoisotopic (exact) mass is 456 g/mol. The van der Waals surface area contributed by atoms with E-state index in [1.54, 1.807) is 38.1 Å². The highest BCUT2D eigenvalue weighted by atomic mass is 32.2. The minimum absolute atomic E-state index is 0.330. The molecule has 1 atom stereocenters. The molecule has 0 aromatic heterocycles. The molecule has 0 radical (unpaired) electrons. The lowest BCUT2D eigenvalue weighted by Gasteiger charge is -2.22. The fraction of sp³-hybridized carbons (Fsp3) is 0.429. The van der Waals surface area contributed by atoms with Crippen molar-refractivity contribution in [2.24, 2.45) is 0 Å². The van der Waals surface area contributed by atoms with E-state index >= 15 is 4.39 Å². The number of sulfonamides is 2. The summed E-state index contributed by atoms with van der Waals surface area (Å²) in [6.45, 7) is 4.44. The quantitative estimate of drug-likeness (QED) is 0.575. The Balaban J connectivity index is 2.04. The summed E-state index contributed by atoms with van der Waals surface area (Å²) >= 11 is 0. The minimum atomic E-state index is -3.54. The number of benzene rings is 2.